The molecule has 4 nitrogen and oxygen atoms in total. The van der Waals surface area contributed by atoms with Gasteiger partial charge < -0.3 is 9.84 Å². The van der Waals surface area contributed by atoms with Crippen molar-refractivity contribution < 1.29 is 14.6 Å². The number of carbonyl (C=O) groups is 1. The molecule has 3 unspecified atom stereocenters. The first-order chi connectivity index (χ1) is 8.72. The number of nitrogens with zero attached hydrogens (tertiary/aromatic N) is 1. The second-order valence-electron chi connectivity index (χ2n) is 5.19. The van der Waals surface area contributed by atoms with Gasteiger partial charge in [0.25, 0.3) is 0 Å². The molecule has 3 atom stereocenters. The summed E-state index contributed by atoms with van der Waals surface area (Å²) in [6, 6.07) is 0.607. The molecule has 1 heterocycles. The van der Waals surface area contributed by atoms with E-state index in [-0.39, 0.29) is 18.6 Å². The lowest BCUT2D eigenvalue weighted by Crippen LogP contribution is -2.54. The van der Waals surface area contributed by atoms with E-state index in [0.29, 0.717) is 6.04 Å². The van der Waals surface area contributed by atoms with Crippen molar-refractivity contribution in [3.8, 4) is 0 Å². The van der Waals surface area contributed by atoms with Gasteiger partial charge in [0.1, 0.15) is 0 Å². The maximum atomic E-state index is 11.0. The molecule has 5 heteroatoms. The van der Waals surface area contributed by atoms with Crippen LogP contribution in [0.4, 0.5) is 0 Å². The van der Waals surface area contributed by atoms with E-state index in [1.165, 1.54) is 12.8 Å². The van der Waals surface area contributed by atoms with E-state index in [9.17, 15) is 4.79 Å². The summed E-state index contributed by atoms with van der Waals surface area (Å²) in [7, 11) is 1.79. The fraction of sp³-hybridized carbons (Fsp3) is 0.923. The number of rotatable bonds is 4. The molecule has 0 aromatic heterocycles. The van der Waals surface area contributed by atoms with Crippen molar-refractivity contribution >= 4 is 17.7 Å². The molecule has 0 aromatic rings. The van der Waals surface area contributed by atoms with Crippen LogP contribution in [-0.2, 0) is 9.53 Å². The maximum absolute atomic E-state index is 11.0. The smallest absolute Gasteiger partial charge is 0.304 e. The number of carboxylic acid groups (broad SMARTS) is 1. The highest BCUT2D eigenvalue weighted by Gasteiger charge is 2.36. The van der Waals surface area contributed by atoms with Crippen LogP contribution in [-0.4, -0.2) is 59.3 Å². The molecular weight excluding hydrogens is 250 g/mol. The van der Waals surface area contributed by atoms with E-state index in [1.54, 1.807) is 7.11 Å². The van der Waals surface area contributed by atoms with Crippen LogP contribution in [0.3, 0.4) is 0 Å². The zero-order valence-corrected chi connectivity index (χ0v) is 11.8. The highest BCUT2D eigenvalue weighted by molar-refractivity contribution is 7.99. The van der Waals surface area contributed by atoms with Crippen LogP contribution in [0, 0.1) is 0 Å². The molecule has 1 saturated carbocycles. The third-order valence-corrected chi connectivity index (χ3v) is 5.17. The van der Waals surface area contributed by atoms with E-state index < -0.39 is 5.97 Å². The molecule has 0 bridgehead atoms. The maximum Gasteiger partial charge on any atom is 0.304 e. The Bertz CT molecular complexity index is 287. The lowest BCUT2D eigenvalue weighted by Gasteiger charge is -2.45. The van der Waals surface area contributed by atoms with Crippen molar-refractivity contribution in [3.63, 3.8) is 0 Å². The molecule has 104 valence electrons. The Morgan fingerprint density at radius 2 is 2.22 bits per heavy atom. The summed E-state index contributed by atoms with van der Waals surface area (Å²) in [6.45, 7) is 1.01. The molecule has 2 rings (SSSR count). The largest absolute Gasteiger partial charge is 0.481 e. The molecule has 0 spiro atoms. The molecule has 1 saturated heterocycles. The summed E-state index contributed by atoms with van der Waals surface area (Å²) in [5.41, 5.74) is 0. The van der Waals surface area contributed by atoms with Gasteiger partial charge in [0.15, 0.2) is 0 Å². The lowest BCUT2D eigenvalue weighted by molar-refractivity contribution is -0.139. The van der Waals surface area contributed by atoms with Crippen LogP contribution in [0.15, 0.2) is 0 Å². The number of ether oxygens (including phenoxy) is 1. The van der Waals surface area contributed by atoms with Gasteiger partial charge in [0.05, 0.1) is 12.5 Å². The molecule has 1 aliphatic carbocycles. The van der Waals surface area contributed by atoms with E-state index >= 15 is 0 Å². The Morgan fingerprint density at radius 1 is 1.44 bits per heavy atom. The Hall–Kier alpha value is -0.260. The van der Waals surface area contributed by atoms with E-state index in [0.717, 1.165) is 30.9 Å². The van der Waals surface area contributed by atoms with Crippen molar-refractivity contribution in [2.75, 3.05) is 25.2 Å². The fourth-order valence-electron chi connectivity index (χ4n) is 3.21. The predicted molar refractivity (Wildman–Crippen MR) is 73.1 cm³/mol. The molecule has 1 aliphatic heterocycles. The van der Waals surface area contributed by atoms with Gasteiger partial charge >= 0.3 is 5.97 Å². The van der Waals surface area contributed by atoms with Gasteiger partial charge in [-0.05, 0) is 12.8 Å². The van der Waals surface area contributed by atoms with E-state index in [1.807, 2.05) is 11.8 Å². The molecule has 0 aromatic carbocycles. The normalized spacial score (nSPS) is 34.4. The number of thioether (sulfide) groups is 1. The summed E-state index contributed by atoms with van der Waals surface area (Å²) < 4.78 is 5.61. The van der Waals surface area contributed by atoms with Crippen molar-refractivity contribution in [1.29, 1.82) is 0 Å². The number of methoxy groups -OCH3 is 1. The van der Waals surface area contributed by atoms with Gasteiger partial charge in [0.2, 0.25) is 0 Å². The molecule has 2 aliphatic rings. The minimum Gasteiger partial charge on any atom is -0.481 e. The SMILES string of the molecule is COC1CCCCC1N1CCSCC1CC(=O)O. The Kier molecular flexibility index (Phi) is 5.33. The van der Waals surface area contributed by atoms with Gasteiger partial charge in [-0.25, -0.2) is 0 Å². The summed E-state index contributed by atoms with van der Waals surface area (Å²) >= 11 is 1.88. The Morgan fingerprint density at radius 3 is 2.94 bits per heavy atom. The fourth-order valence-corrected chi connectivity index (χ4v) is 4.30. The Balaban J connectivity index is 2.04. The summed E-state index contributed by atoms with van der Waals surface area (Å²) in [6.07, 6.45) is 5.30. The second-order valence-corrected chi connectivity index (χ2v) is 6.34. The van der Waals surface area contributed by atoms with Gasteiger partial charge in [-0.3, -0.25) is 9.69 Å². The standard InChI is InChI=1S/C13H23NO3S/c1-17-12-5-3-2-4-11(12)14-6-7-18-9-10(14)8-13(15)16/h10-12H,2-9H2,1H3,(H,15,16). The first-order valence-corrected chi connectivity index (χ1v) is 7.96. The van der Waals surface area contributed by atoms with Crippen LogP contribution >= 0.6 is 11.8 Å². The third-order valence-electron chi connectivity index (χ3n) is 4.08. The highest BCUT2D eigenvalue weighted by Crippen LogP contribution is 2.30. The average molecular weight is 273 g/mol. The van der Waals surface area contributed by atoms with Crippen LogP contribution in [0.5, 0.6) is 0 Å². The molecule has 0 amide bonds. The van der Waals surface area contributed by atoms with Crippen molar-refractivity contribution in [3.05, 3.63) is 0 Å². The van der Waals surface area contributed by atoms with Crippen LogP contribution < -0.4 is 0 Å². The molecule has 18 heavy (non-hydrogen) atoms. The summed E-state index contributed by atoms with van der Waals surface area (Å²) in [4.78, 5) is 13.4. The molecule has 1 N–H and O–H groups in total. The van der Waals surface area contributed by atoms with Crippen LogP contribution in [0.1, 0.15) is 32.1 Å². The predicted octanol–water partition coefficient (Wildman–Crippen LogP) is 1.84. The monoisotopic (exact) mass is 273 g/mol. The minimum atomic E-state index is -0.683. The highest BCUT2D eigenvalue weighted by atomic mass is 32.2. The lowest BCUT2D eigenvalue weighted by atomic mass is 9.90. The molecule has 2 fully saturated rings. The number of hydrogen-bond acceptors (Lipinski definition) is 4. The summed E-state index contributed by atoms with van der Waals surface area (Å²) in [5.74, 6) is 1.37. The number of carboxylic acids is 1. The average Bonchev–Trinajstić information content (AvgIpc) is 2.39. The minimum absolute atomic E-state index is 0.182. The van der Waals surface area contributed by atoms with Gasteiger partial charge in [-0.15, -0.1) is 0 Å². The quantitative estimate of drug-likeness (QED) is 0.847. The third kappa shape index (κ3) is 3.39. The van der Waals surface area contributed by atoms with Crippen LogP contribution in [0.25, 0.3) is 0 Å². The Labute approximate surface area is 113 Å². The number of hydrogen-bond donors (Lipinski definition) is 1. The zero-order valence-electron chi connectivity index (χ0n) is 11.0. The van der Waals surface area contributed by atoms with Gasteiger partial charge in [-0.1, -0.05) is 12.8 Å². The second kappa shape index (κ2) is 6.78. The van der Waals surface area contributed by atoms with Crippen molar-refractivity contribution in [1.82, 2.24) is 4.90 Å². The van der Waals surface area contributed by atoms with Crippen molar-refractivity contribution in [2.45, 2.75) is 50.3 Å². The van der Waals surface area contributed by atoms with Gasteiger partial charge in [-0.2, -0.15) is 11.8 Å². The van der Waals surface area contributed by atoms with E-state index in [2.05, 4.69) is 4.90 Å². The number of aliphatic carboxylic acids is 1. The first kappa shape index (κ1) is 14.2. The first-order valence-electron chi connectivity index (χ1n) is 6.80. The zero-order chi connectivity index (χ0) is 13.0. The topological polar surface area (TPSA) is 49.8 Å². The van der Waals surface area contributed by atoms with Crippen molar-refractivity contribution in [2.24, 2.45) is 0 Å². The summed E-state index contributed by atoms with van der Waals surface area (Å²) in [5, 5.41) is 9.04. The van der Waals surface area contributed by atoms with Crippen LogP contribution in [0.2, 0.25) is 0 Å². The van der Waals surface area contributed by atoms with E-state index in [4.69, 9.17) is 9.84 Å². The molecule has 0 radical (unpaired) electrons. The van der Waals surface area contributed by atoms with Gasteiger partial charge in [0, 0.05) is 37.2 Å². The molecular formula is C13H23NO3S.